The average molecular weight is 532 g/mol. The van der Waals surface area contributed by atoms with Crippen molar-refractivity contribution in [3.8, 4) is 0 Å². The molecular weight excluding hydrogens is 510 g/mol. The number of carbonyl (C=O) groups is 4. The second-order valence-electron chi connectivity index (χ2n) is 8.17. The van der Waals surface area contributed by atoms with E-state index in [1.807, 2.05) is 0 Å². The lowest BCUT2D eigenvalue weighted by Crippen LogP contribution is -2.70. The molecule has 4 N–H and O–H groups in total. The fourth-order valence-electron chi connectivity index (χ4n) is 2.96. The van der Waals surface area contributed by atoms with E-state index in [2.05, 4.69) is 15.5 Å². The molecule has 2 amide bonds. The van der Waals surface area contributed by atoms with Crippen molar-refractivity contribution in [1.29, 1.82) is 0 Å². The summed E-state index contributed by atoms with van der Waals surface area (Å²) in [6.45, 7) is 6.44. The second-order valence-corrected chi connectivity index (χ2v) is 11.0. The normalized spacial score (nSPS) is 21.1. The molecule has 2 unspecified atom stereocenters. The molecule has 15 heteroatoms. The Bertz CT molecular complexity index is 1100. The van der Waals surface area contributed by atoms with E-state index in [-0.39, 0.29) is 20.9 Å². The van der Waals surface area contributed by atoms with Crippen LogP contribution in [0.2, 0.25) is 4.34 Å². The first-order valence-electron chi connectivity index (χ1n) is 9.88. The summed E-state index contributed by atoms with van der Waals surface area (Å²) in [6, 6.07) is -1.01. The quantitative estimate of drug-likeness (QED) is 0.201. The zero-order valence-electron chi connectivity index (χ0n) is 18.5. The van der Waals surface area contributed by atoms with E-state index in [0.717, 1.165) is 16.2 Å². The molecule has 1 aromatic rings. The molecule has 0 radical (unpaired) electrons. The maximum atomic E-state index is 13.1. The third-order valence-corrected chi connectivity index (χ3v) is 6.70. The summed E-state index contributed by atoms with van der Waals surface area (Å²) < 4.78 is 5.27. The van der Waals surface area contributed by atoms with Crippen LogP contribution in [0.3, 0.4) is 0 Å². The highest BCUT2D eigenvalue weighted by molar-refractivity contribution is 8.00. The van der Waals surface area contributed by atoms with Gasteiger partial charge >= 0.3 is 11.9 Å². The summed E-state index contributed by atoms with van der Waals surface area (Å²) in [7, 11) is 0. The summed E-state index contributed by atoms with van der Waals surface area (Å²) in [4.78, 5) is 59.5. The molecule has 1 aromatic heterocycles. The third-order valence-electron chi connectivity index (χ3n) is 4.43. The van der Waals surface area contributed by atoms with Crippen LogP contribution in [-0.2, 0) is 28.8 Å². The van der Waals surface area contributed by atoms with Crippen molar-refractivity contribution < 1.29 is 33.9 Å². The number of β-lactam (4-membered cyclic amide) rings is 1. The Morgan fingerprint density at radius 1 is 1.41 bits per heavy atom. The van der Waals surface area contributed by atoms with E-state index in [0.29, 0.717) is 5.75 Å². The van der Waals surface area contributed by atoms with Crippen molar-refractivity contribution in [1.82, 2.24) is 15.2 Å². The molecule has 3 atom stereocenters. The molecule has 3 heterocycles. The molecule has 2 aliphatic heterocycles. The number of carboxylic acid groups (broad SMARTS) is 1. The van der Waals surface area contributed by atoms with Crippen molar-refractivity contribution in [3.63, 3.8) is 0 Å². The van der Waals surface area contributed by atoms with Gasteiger partial charge in [-0.25, -0.2) is 14.6 Å². The van der Waals surface area contributed by atoms with Crippen molar-refractivity contribution in [2.24, 2.45) is 5.16 Å². The van der Waals surface area contributed by atoms with Gasteiger partial charge in [-0.05, 0) is 33.8 Å². The molecule has 3 rings (SSSR count). The summed E-state index contributed by atoms with van der Waals surface area (Å²) in [6.07, 6.45) is 0.255. The number of nitrogen functional groups attached to an aromatic ring is 1. The Morgan fingerprint density at radius 2 is 2.09 bits per heavy atom. The molecule has 0 saturated carbocycles. The maximum absolute atomic E-state index is 13.1. The number of oxime groups is 1. The number of thioether (sulfide) groups is 1. The standard InChI is InChI=1S/C19H22ClN5O7S2/c1-7(17(30)31-19(2,3)4)32-24-10(9-12(20)34-18(21)23-9)13(26)22-11-14(27)25-8(16(28)29)5-6-33-15(11)25/h5,7,11,15H,6H2,1-4H3,(H2,21,23)(H,22,26)(H,28,29)/t7?,11?,15-/m0/s1. The predicted molar refractivity (Wildman–Crippen MR) is 125 cm³/mol. The van der Waals surface area contributed by atoms with Gasteiger partial charge in [-0.1, -0.05) is 28.1 Å². The number of hydrogen-bond donors (Lipinski definition) is 3. The van der Waals surface area contributed by atoms with Gasteiger partial charge in [0.15, 0.2) is 10.8 Å². The third kappa shape index (κ3) is 5.45. The summed E-state index contributed by atoms with van der Waals surface area (Å²) in [5, 5.41) is 15.0. The average Bonchev–Trinajstić information content (AvgIpc) is 3.07. The van der Waals surface area contributed by atoms with Gasteiger partial charge in [0.2, 0.25) is 6.10 Å². The molecule has 1 fully saturated rings. The number of thiazole rings is 1. The van der Waals surface area contributed by atoms with E-state index < -0.39 is 52.6 Å². The molecule has 2 aliphatic rings. The molecule has 184 valence electrons. The minimum absolute atomic E-state index is 0.0459. The number of nitrogens with one attached hydrogen (secondary N) is 1. The van der Waals surface area contributed by atoms with Gasteiger partial charge in [0, 0.05) is 5.75 Å². The van der Waals surface area contributed by atoms with Crippen LogP contribution in [0.25, 0.3) is 0 Å². The predicted octanol–water partition coefficient (Wildman–Crippen LogP) is 1.20. The number of carboxylic acids is 1. The number of hydrogen-bond acceptors (Lipinski definition) is 11. The van der Waals surface area contributed by atoms with Crippen molar-refractivity contribution >= 4 is 69.3 Å². The number of nitrogens with two attached hydrogens (primary N) is 1. The molecule has 0 aliphatic carbocycles. The van der Waals surface area contributed by atoms with E-state index in [4.69, 9.17) is 26.9 Å². The lowest BCUT2D eigenvalue weighted by molar-refractivity contribution is -0.167. The van der Waals surface area contributed by atoms with Gasteiger partial charge in [-0.15, -0.1) is 11.8 Å². The van der Waals surface area contributed by atoms with E-state index in [9.17, 15) is 24.3 Å². The number of amides is 2. The van der Waals surface area contributed by atoms with Gasteiger partial charge in [0.1, 0.15) is 32.7 Å². The zero-order valence-corrected chi connectivity index (χ0v) is 20.9. The minimum atomic E-state index is -1.24. The minimum Gasteiger partial charge on any atom is -0.477 e. The van der Waals surface area contributed by atoms with Crippen molar-refractivity contribution in [3.05, 3.63) is 21.8 Å². The van der Waals surface area contributed by atoms with Crippen molar-refractivity contribution in [2.45, 2.75) is 50.8 Å². The van der Waals surface area contributed by atoms with Crippen LogP contribution < -0.4 is 11.1 Å². The van der Waals surface area contributed by atoms with E-state index >= 15 is 0 Å². The molecule has 34 heavy (non-hydrogen) atoms. The number of aromatic nitrogens is 1. The Hall–Kier alpha value is -2.84. The van der Waals surface area contributed by atoms with Crippen LogP contribution in [0.1, 0.15) is 33.4 Å². The zero-order chi connectivity index (χ0) is 25.4. The number of aliphatic carboxylic acids is 1. The first kappa shape index (κ1) is 25.8. The smallest absolute Gasteiger partial charge is 0.352 e. The highest BCUT2D eigenvalue weighted by Gasteiger charge is 2.53. The first-order valence-corrected chi connectivity index (χ1v) is 12.1. The fourth-order valence-corrected chi connectivity index (χ4v) is 5.09. The highest BCUT2D eigenvalue weighted by Crippen LogP contribution is 2.37. The Kier molecular flexibility index (Phi) is 7.43. The Morgan fingerprint density at radius 3 is 2.65 bits per heavy atom. The van der Waals surface area contributed by atoms with Crippen molar-refractivity contribution in [2.75, 3.05) is 11.5 Å². The summed E-state index contributed by atoms with van der Waals surface area (Å²) in [5.41, 5.74) is 4.27. The molecule has 0 bridgehead atoms. The van der Waals surface area contributed by atoms with Gasteiger partial charge < -0.3 is 25.7 Å². The number of fused-ring (bicyclic) bond motifs is 1. The molecule has 1 saturated heterocycles. The van der Waals surface area contributed by atoms with Gasteiger partial charge in [-0.3, -0.25) is 14.5 Å². The number of esters is 1. The number of carbonyl (C=O) groups excluding carboxylic acids is 3. The lowest BCUT2D eigenvalue weighted by atomic mass is 10.0. The largest absolute Gasteiger partial charge is 0.477 e. The van der Waals surface area contributed by atoms with Crippen LogP contribution >= 0.6 is 34.7 Å². The maximum Gasteiger partial charge on any atom is 0.352 e. The number of rotatable bonds is 7. The Labute approximate surface area is 207 Å². The van der Waals surface area contributed by atoms with E-state index in [1.165, 1.54) is 24.8 Å². The lowest BCUT2D eigenvalue weighted by Gasteiger charge is -2.48. The highest BCUT2D eigenvalue weighted by atomic mass is 35.5. The van der Waals surface area contributed by atoms with Crippen LogP contribution in [0.15, 0.2) is 16.9 Å². The number of halogens is 1. The summed E-state index contributed by atoms with van der Waals surface area (Å²) >= 11 is 8.33. The van der Waals surface area contributed by atoms with Crippen LogP contribution in [0.4, 0.5) is 5.13 Å². The number of anilines is 1. The van der Waals surface area contributed by atoms with Gasteiger partial charge in [-0.2, -0.15) is 0 Å². The van der Waals surface area contributed by atoms with Crippen LogP contribution in [0.5, 0.6) is 0 Å². The molecule has 12 nitrogen and oxygen atoms in total. The Balaban J connectivity index is 1.80. The van der Waals surface area contributed by atoms with Gasteiger partial charge in [0.25, 0.3) is 11.8 Å². The molecular formula is C19H22ClN5O7S2. The topological polar surface area (TPSA) is 174 Å². The first-order chi connectivity index (χ1) is 15.8. The SMILES string of the molecule is CC(ON=C(C(=O)NC1C(=O)N2C(C(=O)O)=CCS[C@@H]12)c1nc(N)sc1Cl)C(=O)OC(C)(C)C. The molecule has 0 aromatic carbocycles. The number of nitrogens with zero attached hydrogens (tertiary/aromatic N) is 3. The van der Waals surface area contributed by atoms with Gasteiger partial charge in [0.05, 0.1) is 0 Å². The summed E-state index contributed by atoms with van der Waals surface area (Å²) in [5.74, 6) is -3.05. The monoisotopic (exact) mass is 531 g/mol. The fraction of sp³-hybridized carbons (Fsp3) is 0.474. The van der Waals surface area contributed by atoms with Crippen LogP contribution in [0, 0.1) is 0 Å². The second kappa shape index (κ2) is 9.80. The van der Waals surface area contributed by atoms with E-state index in [1.54, 1.807) is 20.8 Å². The van der Waals surface area contributed by atoms with Crippen LogP contribution in [-0.4, -0.2) is 73.3 Å². The number of ether oxygens (including phenoxy) is 1. The molecule has 0 spiro atoms.